The molecule has 2 aromatic rings. The fourth-order valence-corrected chi connectivity index (χ4v) is 2.87. The minimum atomic E-state index is 0.294. The van der Waals surface area contributed by atoms with Crippen LogP contribution in [0.25, 0.3) is 0 Å². The topological polar surface area (TPSA) is 102 Å². The van der Waals surface area contributed by atoms with E-state index in [1.165, 1.54) is 0 Å². The zero-order valence-electron chi connectivity index (χ0n) is 14.0. The Morgan fingerprint density at radius 1 is 1.46 bits per heavy atom. The van der Waals surface area contributed by atoms with Crippen LogP contribution in [0.1, 0.15) is 37.3 Å². The number of aryl methyl sites for hydroxylation is 1. The maximum atomic E-state index is 8.58. The lowest BCUT2D eigenvalue weighted by molar-refractivity contribution is 0.0904. The van der Waals surface area contributed by atoms with E-state index >= 15 is 0 Å². The molecule has 1 aliphatic heterocycles. The maximum Gasteiger partial charge on any atom is 0.137 e. The van der Waals surface area contributed by atoms with E-state index in [4.69, 9.17) is 15.9 Å². The number of aromatic nitrogens is 3. The van der Waals surface area contributed by atoms with Crippen LogP contribution in [-0.2, 0) is 11.3 Å². The van der Waals surface area contributed by atoms with E-state index in [9.17, 15) is 0 Å². The van der Waals surface area contributed by atoms with E-state index in [0.717, 1.165) is 44.6 Å². The Morgan fingerprint density at radius 3 is 3.00 bits per heavy atom. The number of hydrogen-bond acceptors (Lipinski definition) is 6. The second-order valence-electron chi connectivity index (χ2n) is 6.02. The first-order valence-electron chi connectivity index (χ1n) is 8.39. The zero-order valence-corrected chi connectivity index (χ0v) is 14.0. The molecule has 4 N–H and O–H groups in total. The van der Waals surface area contributed by atoms with E-state index in [-0.39, 0.29) is 0 Å². The van der Waals surface area contributed by atoms with Gasteiger partial charge < -0.3 is 15.8 Å². The average Bonchev–Trinajstić information content (AvgIpc) is 3.05. The van der Waals surface area contributed by atoms with E-state index in [0.29, 0.717) is 28.8 Å². The van der Waals surface area contributed by atoms with Crippen molar-refractivity contribution in [1.82, 2.24) is 14.8 Å². The monoisotopic (exact) mass is 328 g/mol. The molecule has 0 amide bonds. The first-order chi connectivity index (χ1) is 11.7. The van der Waals surface area contributed by atoms with Gasteiger partial charge in [0.15, 0.2) is 0 Å². The molecule has 0 unspecified atom stereocenters. The van der Waals surface area contributed by atoms with Gasteiger partial charge >= 0.3 is 0 Å². The summed E-state index contributed by atoms with van der Waals surface area (Å²) in [5.74, 6) is 0.662. The molecular weight excluding hydrogens is 304 g/mol. The molecule has 0 aliphatic carbocycles. The molecule has 24 heavy (non-hydrogen) atoms. The summed E-state index contributed by atoms with van der Waals surface area (Å²) < 4.78 is 7.24. The molecular formula is C17H24N6O. The van der Waals surface area contributed by atoms with Crippen molar-refractivity contribution in [3.63, 3.8) is 0 Å². The van der Waals surface area contributed by atoms with Crippen molar-refractivity contribution >= 4 is 17.2 Å². The van der Waals surface area contributed by atoms with Gasteiger partial charge in [-0.2, -0.15) is 5.10 Å². The Labute approximate surface area is 141 Å². The van der Waals surface area contributed by atoms with E-state index in [2.05, 4.69) is 22.3 Å². The third kappa shape index (κ3) is 3.56. The Hall–Kier alpha value is -2.41. The van der Waals surface area contributed by atoms with Crippen LogP contribution in [0.15, 0.2) is 24.7 Å². The van der Waals surface area contributed by atoms with Gasteiger partial charge in [0, 0.05) is 49.4 Å². The molecule has 0 spiro atoms. The number of ether oxygens (including phenoxy) is 1. The number of nitrogens with two attached hydrogens (primary N) is 1. The number of hydrogen-bond donors (Lipinski definition) is 3. The third-order valence-corrected chi connectivity index (χ3v) is 4.17. The lowest BCUT2D eigenvalue weighted by Crippen LogP contribution is -2.29. The Kier molecular flexibility index (Phi) is 5.10. The first kappa shape index (κ1) is 16.4. The largest absolute Gasteiger partial charge is 0.398 e. The highest BCUT2D eigenvalue weighted by Crippen LogP contribution is 2.25. The lowest BCUT2D eigenvalue weighted by Gasteiger charge is -2.25. The quantitative estimate of drug-likeness (QED) is 0.706. The van der Waals surface area contributed by atoms with Crippen molar-refractivity contribution in [3.8, 4) is 0 Å². The van der Waals surface area contributed by atoms with E-state index < -0.39 is 0 Å². The van der Waals surface area contributed by atoms with Gasteiger partial charge in [0.1, 0.15) is 5.82 Å². The van der Waals surface area contributed by atoms with Gasteiger partial charge in [-0.25, -0.2) is 4.98 Å². The first-order valence-corrected chi connectivity index (χ1v) is 8.39. The summed E-state index contributed by atoms with van der Waals surface area (Å²) in [6.45, 7) is 4.43. The van der Waals surface area contributed by atoms with Crippen LogP contribution in [-0.4, -0.2) is 39.7 Å². The Balaban J connectivity index is 1.86. The van der Waals surface area contributed by atoms with Crippen LogP contribution in [0, 0.1) is 5.41 Å². The van der Waals surface area contributed by atoms with Crippen LogP contribution in [0.4, 0.5) is 11.5 Å². The van der Waals surface area contributed by atoms with Crippen LogP contribution in [0.5, 0.6) is 0 Å². The number of pyridine rings is 1. The molecule has 0 atom stereocenters. The minimum Gasteiger partial charge on any atom is -0.398 e. The number of rotatable bonds is 6. The summed E-state index contributed by atoms with van der Waals surface area (Å²) in [5, 5.41) is 16.3. The smallest absolute Gasteiger partial charge is 0.137 e. The SMILES string of the molecule is CCCn1cc(C(=N)c2c(N)ccnc2NC2CCOCC2)cn1. The number of nitrogen functional groups attached to an aromatic ring is 1. The van der Waals surface area contributed by atoms with Gasteiger partial charge in [-0.15, -0.1) is 0 Å². The van der Waals surface area contributed by atoms with E-state index in [1.54, 1.807) is 18.5 Å². The summed E-state index contributed by atoms with van der Waals surface area (Å²) >= 11 is 0. The molecule has 128 valence electrons. The van der Waals surface area contributed by atoms with Crippen molar-refractivity contribution in [2.24, 2.45) is 0 Å². The van der Waals surface area contributed by atoms with Crippen LogP contribution >= 0.6 is 0 Å². The molecule has 1 fully saturated rings. The molecule has 3 rings (SSSR count). The summed E-state index contributed by atoms with van der Waals surface area (Å²) in [7, 11) is 0. The number of nitrogens with zero attached hydrogens (tertiary/aromatic N) is 3. The second-order valence-corrected chi connectivity index (χ2v) is 6.02. The van der Waals surface area contributed by atoms with Gasteiger partial charge in [-0.3, -0.25) is 10.1 Å². The molecule has 0 aromatic carbocycles. The molecule has 2 aromatic heterocycles. The zero-order chi connectivity index (χ0) is 16.9. The standard InChI is InChI=1S/C17H24N6O/c1-2-7-23-11-12(10-21-23)16(19)15-14(18)3-6-20-17(15)22-13-4-8-24-9-5-13/h3,6,10-11,13,19H,2,4-5,7-9H2,1H3,(H3,18,20,22). The molecule has 0 radical (unpaired) electrons. The fourth-order valence-electron chi connectivity index (χ4n) is 2.87. The molecule has 0 saturated carbocycles. The van der Waals surface area contributed by atoms with Crippen LogP contribution < -0.4 is 11.1 Å². The van der Waals surface area contributed by atoms with Crippen molar-refractivity contribution in [3.05, 3.63) is 35.8 Å². The van der Waals surface area contributed by atoms with Gasteiger partial charge in [0.25, 0.3) is 0 Å². The van der Waals surface area contributed by atoms with Crippen LogP contribution in [0.3, 0.4) is 0 Å². The highest BCUT2D eigenvalue weighted by molar-refractivity contribution is 6.16. The Morgan fingerprint density at radius 2 is 2.25 bits per heavy atom. The third-order valence-electron chi connectivity index (χ3n) is 4.17. The highest BCUT2D eigenvalue weighted by atomic mass is 16.5. The second kappa shape index (κ2) is 7.44. The minimum absolute atomic E-state index is 0.294. The van der Waals surface area contributed by atoms with Gasteiger partial charge in [-0.1, -0.05) is 6.92 Å². The lowest BCUT2D eigenvalue weighted by atomic mass is 10.0. The van der Waals surface area contributed by atoms with Gasteiger partial charge in [-0.05, 0) is 25.3 Å². The van der Waals surface area contributed by atoms with Crippen molar-refractivity contribution in [2.75, 3.05) is 24.3 Å². The fraction of sp³-hybridized carbons (Fsp3) is 0.471. The number of anilines is 2. The maximum absolute atomic E-state index is 8.58. The molecule has 7 nitrogen and oxygen atoms in total. The van der Waals surface area contributed by atoms with Crippen molar-refractivity contribution in [2.45, 2.75) is 38.8 Å². The molecule has 3 heterocycles. The summed E-state index contributed by atoms with van der Waals surface area (Å²) in [4.78, 5) is 4.42. The average molecular weight is 328 g/mol. The van der Waals surface area contributed by atoms with Crippen LogP contribution in [0.2, 0.25) is 0 Å². The molecule has 0 bridgehead atoms. The van der Waals surface area contributed by atoms with Gasteiger partial charge in [0.2, 0.25) is 0 Å². The predicted octanol–water partition coefficient (Wildman–Crippen LogP) is 2.28. The summed E-state index contributed by atoms with van der Waals surface area (Å²) in [5.41, 5.74) is 8.44. The van der Waals surface area contributed by atoms with Gasteiger partial charge in [0.05, 0.1) is 17.5 Å². The van der Waals surface area contributed by atoms with E-state index in [1.807, 2.05) is 10.9 Å². The highest BCUT2D eigenvalue weighted by Gasteiger charge is 2.20. The molecule has 1 saturated heterocycles. The summed E-state index contributed by atoms with van der Waals surface area (Å²) in [6, 6.07) is 2.03. The van der Waals surface area contributed by atoms with Crippen molar-refractivity contribution in [1.29, 1.82) is 5.41 Å². The normalized spacial score (nSPS) is 15.4. The number of nitrogens with one attached hydrogen (secondary N) is 2. The summed E-state index contributed by atoms with van der Waals surface area (Å²) in [6.07, 6.45) is 8.13. The predicted molar refractivity (Wildman–Crippen MR) is 94.6 cm³/mol. The Bertz CT molecular complexity index is 705. The molecule has 7 heteroatoms. The molecule has 1 aliphatic rings. The van der Waals surface area contributed by atoms with Crippen molar-refractivity contribution < 1.29 is 4.74 Å².